The highest BCUT2D eigenvalue weighted by Crippen LogP contribution is 2.36. The van der Waals surface area contributed by atoms with E-state index in [0.29, 0.717) is 5.56 Å². The van der Waals surface area contributed by atoms with Crippen LogP contribution in [0.15, 0.2) is 54.7 Å². The number of methoxy groups -OCH3 is 1. The Balaban J connectivity index is 1.67. The average molecular weight is 361 g/mol. The number of aryl methyl sites for hydroxylation is 1. The van der Waals surface area contributed by atoms with Gasteiger partial charge >= 0.3 is 0 Å². The summed E-state index contributed by atoms with van der Waals surface area (Å²) in [5.74, 6) is 0.770. The van der Waals surface area contributed by atoms with E-state index in [1.54, 1.807) is 13.3 Å². The maximum atomic E-state index is 13.4. The molecule has 2 aromatic carbocycles. The number of H-pyrrole nitrogens is 1. The monoisotopic (exact) mass is 361 g/mol. The number of amides is 1. The first kappa shape index (κ1) is 17.3. The summed E-state index contributed by atoms with van der Waals surface area (Å²) < 4.78 is 5.31. The van der Waals surface area contributed by atoms with Gasteiger partial charge in [0.1, 0.15) is 5.75 Å². The Morgan fingerprint density at radius 2 is 2.07 bits per heavy atom. The van der Waals surface area contributed by atoms with Gasteiger partial charge in [-0.15, -0.1) is 0 Å². The quantitative estimate of drug-likeness (QED) is 0.751. The molecule has 1 aliphatic rings. The van der Waals surface area contributed by atoms with Crippen LogP contribution in [0.3, 0.4) is 0 Å². The Morgan fingerprint density at radius 3 is 2.89 bits per heavy atom. The lowest BCUT2D eigenvalue weighted by atomic mass is 9.99. The standard InChI is InChI=1S/C22H23N3O2/c1-15-7-3-4-10-18(15)20-11-6-12-25(20)22(26)19-14-23-24-21(19)16-8-5-9-17(13-16)27-2/h3-5,7-10,13-14,20H,6,11-12H2,1-2H3,(H,23,24)/t20-/m0/s1. The zero-order valence-corrected chi connectivity index (χ0v) is 15.6. The Hall–Kier alpha value is -3.08. The van der Waals surface area contributed by atoms with Crippen molar-refractivity contribution in [3.05, 3.63) is 71.4 Å². The van der Waals surface area contributed by atoms with Crippen LogP contribution in [-0.2, 0) is 0 Å². The fourth-order valence-electron chi connectivity index (χ4n) is 3.90. The molecule has 0 aliphatic carbocycles. The molecule has 0 bridgehead atoms. The van der Waals surface area contributed by atoms with Gasteiger partial charge in [0.2, 0.25) is 0 Å². The number of hydrogen-bond acceptors (Lipinski definition) is 3. The molecule has 1 N–H and O–H groups in total. The maximum Gasteiger partial charge on any atom is 0.258 e. The van der Waals surface area contributed by atoms with E-state index in [1.165, 1.54) is 11.1 Å². The summed E-state index contributed by atoms with van der Waals surface area (Å²) in [5.41, 5.74) is 4.68. The van der Waals surface area contributed by atoms with Gasteiger partial charge in [0, 0.05) is 12.1 Å². The SMILES string of the molecule is COc1cccc(-c2[nH]ncc2C(=O)N2CCC[C@H]2c2ccccc2C)c1. The minimum Gasteiger partial charge on any atom is -0.497 e. The van der Waals surface area contributed by atoms with Crippen LogP contribution in [0.1, 0.15) is 40.4 Å². The topological polar surface area (TPSA) is 58.2 Å². The zero-order valence-electron chi connectivity index (χ0n) is 15.6. The van der Waals surface area contributed by atoms with Crippen molar-refractivity contribution in [2.45, 2.75) is 25.8 Å². The van der Waals surface area contributed by atoms with Crippen LogP contribution in [0.4, 0.5) is 0 Å². The number of nitrogens with one attached hydrogen (secondary N) is 1. The minimum atomic E-state index is 0.0207. The molecule has 1 fully saturated rings. The Labute approximate surface area is 159 Å². The molecule has 27 heavy (non-hydrogen) atoms. The normalized spacial score (nSPS) is 16.5. The summed E-state index contributed by atoms with van der Waals surface area (Å²) in [6.45, 7) is 2.87. The van der Waals surface area contributed by atoms with Gasteiger partial charge in [-0.05, 0) is 43.0 Å². The predicted octanol–water partition coefficient (Wildman–Crippen LogP) is 4.37. The van der Waals surface area contributed by atoms with Crippen LogP contribution in [-0.4, -0.2) is 34.7 Å². The third-order valence-electron chi connectivity index (χ3n) is 5.29. The van der Waals surface area contributed by atoms with Crippen molar-refractivity contribution >= 4 is 5.91 Å². The van der Waals surface area contributed by atoms with E-state index in [9.17, 15) is 4.79 Å². The van der Waals surface area contributed by atoms with Crippen molar-refractivity contribution in [3.8, 4) is 17.0 Å². The van der Waals surface area contributed by atoms with E-state index in [4.69, 9.17) is 4.74 Å². The van der Waals surface area contributed by atoms with Crippen LogP contribution >= 0.6 is 0 Å². The number of likely N-dealkylation sites (tertiary alicyclic amines) is 1. The summed E-state index contributed by atoms with van der Waals surface area (Å²) in [7, 11) is 1.63. The molecule has 5 nitrogen and oxygen atoms in total. The van der Waals surface area contributed by atoms with Gasteiger partial charge in [-0.2, -0.15) is 5.10 Å². The van der Waals surface area contributed by atoms with Crippen molar-refractivity contribution in [3.63, 3.8) is 0 Å². The fraction of sp³-hybridized carbons (Fsp3) is 0.273. The smallest absolute Gasteiger partial charge is 0.258 e. The second-order valence-corrected chi connectivity index (χ2v) is 6.90. The average Bonchev–Trinajstić information content (AvgIpc) is 3.37. The molecule has 1 aliphatic heterocycles. The largest absolute Gasteiger partial charge is 0.497 e. The van der Waals surface area contributed by atoms with Gasteiger partial charge in [0.05, 0.1) is 30.6 Å². The molecular formula is C22H23N3O2. The Bertz CT molecular complexity index is 963. The van der Waals surface area contributed by atoms with Gasteiger partial charge in [-0.25, -0.2) is 0 Å². The molecule has 1 aromatic heterocycles. The number of hydrogen-bond donors (Lipinski definition) is 1. The molecule has 1 atom stereocenters. The zero-order chi connectivity index (χ0) is 18.8. The third kappa shape index (κ3) is 3.21. The van der Waals surface area contributed by atoms with Crippen LogP contribution < -0.4 is 4.74 Å². The molecule has 0 saturated carbocycles. The summed E-state index contributed by atoms with van der Waals surface area (Å²) in [4.78, 5) is 15.4. The minimum absolute atomic E-state index is 0.0207. The van der Waals surface area contributed by atoms with Gasteiger partial charge in [-0.1, -0.05) is 36.4 Å². The summed E-state index contributed by atoms with van der Waals surface area (Å²) >= 11 is 0. The first-order valence-electron chi connectivity index (χ1n) is 9.23. The van der Waals surface area contributed by atoms with Gasteiger partial charge in [-0.3, -0.25) is 9.89 Å². The number of benzene rings is 2. The lowest BCUT2D eigenvalue weighted by Gasteiger charge is -2.26. The van der Waals surface area contributed by atoms with Crippen molar-refractivity contribution in [2.75, 3.05) is 13.7 Å². The molecule has 5 heteroatoms. The van der Waals surface area contributed by atoms with Crippen LogP contribution in [0, 0.1) is 6.92 Å². The Morgan fingerprint density at radius 1 is 1.22 bits per heavy atom. The highest BCUT2D eigenvalue weighted by atomic mass is 16.5. The van der Waals surface area contributed by atoms with E-state index >= 15 is 0 Å². The summed E-state index contributed by atoms with van der Waals surface area (Å²) in [6, 6.07) is 16.1. The number of ether oxygens (including phenoxy) is 1. The van der Waals surface area contributed by atoms with E-state index < -0.39 is 0 Å². The third-order valence-corrected chi connectivity index (χ3v) is 5.29. The van der Waals surface area contributed by atoms with Crippen molar-refractivity contribution in [1.82, 2.24) is 15.1 Å². The second kappa shape index (κ2) is 7.27. The Kier molecular flexibility index (Phi) is 4.67. The van der Waals surface area contributed by atoms with Crippen LogP contribution in [0.25, 0.3) is 11.3 Å². The molecule has 138 valence electrons. The second-order valence-electron chi connectivity index (χ2n) is 6.90. The van der Waals surface area contributed by atoms with E-state index in [2.05, 4.69) is 29.3 Å². The number of aromatic amines is 1. The number of aromatic nitrogens is 2. The van der Waals surface area contributed by atoms with Crippen LogP contribution in [0.2, 0.25) is 0 Å². The van der Waals surface area contributed by atoms with E-state index in [1.807, 2.05) is 41.3 Å². The van der Waals surface area contributed by atoms with Gasteiger partial charge in [0.25, 0.3) is 5.91 Å². The molecule has 3 aromatic rings. The number of rotatable bonds is 4. The van der Waals surface area contributed by atoms with Gasteiger partial charge in [0.15, 0.2) is 0 Å². The highest BCUT2D eigenvalue weighted by Gasteiger charge is 2.33. The van der Waals surface area contributed by atoms with Crippen LogP contribution in [0.5, 0.6) is 5.75 Å². The van der Waals surface area contributed by atoms with Gasteiger partial charge < -0.3 is 9.64 Å². The molecule has 0 radical (unpaired) electrons. The molecule has 1 saturated heterocycles. The predicted molar refractivity (Wildman–Crippen MR) is 105 cm³/mol. The van der Waals surface area contributed by atoms with Crippen molar-refractivity contribution in [1.29, 1.82) is 0 Å². The van der Waals surface area contributed by atoms with E-state index in [0.717, 1.165) is 36.4 Å². The lowest BCUT2D eigenvalue weighted by Crippen LogP contribution is -2.31. The molecule has 0 spiro atoms. The summed E-state index contributed by atoms with van der Waals surface area (Å²) in [5, 5.41) is 7.14. The fourth-order valence-corrected chi connectivity index (χ4v) is 3.90. The molecule has 2 heterocycles. The molecular weight excluding hydrogens is 338 g/mol. The number of carbonyl (C=O) groups excluding carboxylic acids is 1. The lowest BCUT2D eigenvalue weighted by molar-refractivity contribution is 0.0736. The number of nitrogens with zero attached hydrogens (tertiary/aromatic N) is 2. The van der Waals surface area contributed by atoms with Crippen molar-refractivity contribution in [2.24, 2.45) is 0 Å². The molecule has 1 amide bonds. The number of carbonyl (C=O) groups is 1. The maximum absolute atomic E-state index is 13.4. The van der Waals surface area contributed by atoms with E-state index in [-0.39, 0.29) is 11.9 Å². The first-order valence-corrected chi connectivity index (χ1v) is 9.23. The highest BCUT2D eigenvalue weighted by molar-refractivity contribution is 6.00. The van der Waals surface area contributed by atoms with Crippen molar-refractivity contribution < 1.29 is 9.53 Å². The molecule has 4 rings (SSSR count). The first-order chi connectivity index (χ1) is 13.2. The molecule has 0 unspecified atom stereocenters. The summed E-state index contributed by atoms with van der Waals surface area (Å²) in [6.07, 6.45) is 3.63.